The average Bonchev–Trinajstić information content (AvgIpc) is 2.26. The largest absolute Gasteiger partial charge is 0.479 e. The lowest BCUT2D eigenvalue weighted by Crippen LogP contribution is -2.01. The average molecular weight is 190 g/mol. The van der Waals surface area contributed by atoms with Gasteiger partial charge in [-0.3, -0.25) is 0 Å². The molecule has 0 aliphatic rings. The normalized spacial score (nSPS) is 8.57. The zero-order valence-corrected chi connectivity index (χ0v) is 7.61. The number of hydrogen-bond donors (Lipinski definition) is 0. The highest BCUT2D eigenvalue weighted by molar-refractivity contribution is 5.40. The zero-order chi connectivity index (χ0) is 10.6. The summed E-state index contributed by atoms with van der Waals surface area (Å²) in [6.07, 6.45) is 0. The molecule has 6 nitrogen and oxygen atoms in total. The fraction of sp³-hybridized carbons (Fsp3) is 0.250. The molecule has 0 bridgehead atoms. The van der Waals surface area contributed by atoms with Gasteiger partial charge in [-0.05, 0) is 0 Å². The molecule has 14 heavy (non-hydrogen) atoms. The molecule has 0 unspecified atom stereocenters. The van der Waals surface area contributed by atoms with Crippen molar-refractivity contribution in [3.63, 3.8) is 0 Å². The van der Waals surface area contributed by atoms with Gasteiger partial charge in [0, 0.05) is 0 Å². The summed E-state index contributed by atoms with van der Waals surface area (Å²) in [6.45, 7) is 0. The van der Waals surface area contributed by atoms with Crippen molar-refractivity contribution in [2.45, 2.75) is 0 Å². The van der Waals surface area contributed by atoms with Gasteiger partial charge in [0.2, 0.25) is 11.4 Å². The summed E-state index contributed by atoms with van der Waals surface area (Å²) < 4.78 is 9.59. The number of ether oxygens (including phenoxy) is 2. The van der Waals surface area contributed by atoms with E-state index in [0.29, 0.717) is 0 Å². The molecule has 0 fully saturated rings. The molecular formula is C8H6N4O2. The molecule has 1 aromatic rings. The molecule has 0 saturated heterocycles. The van der Waals surface area contributed by atoms with Crippen molar-refractivity contribution in [3.05, 3.63) is 11.4 Å². The van der Waals surface area contributed by atoms with Crippen molar-refractivity contribution < 1.29 is 9.47 Å². The molecule has 0 N–H and O–H groups in total. The first-order chi connectivity index (χ1) is 6.76. The fourth-order valence-corrected chi connectivity index (χ4v) is 0.836. The predicted molar refractivity (Wildman–Crippen MR) is 44.6 cm³/mol. The first-order valence-electron chi connectivity index (χ1n) is 3.57. The van der Waals surface area contributed by atoms with E-state index >= 15 is 0 Å². The van der Waals surface area contributed by atoms with Crippen molar-refractivity contribution in [1.82, 2.24) is 9.97 Å². The number of rotatable bonds is 2. The van der Waals surface area contributed by atoms with Crippen LogP contribution in [0.1, 0.15) is 11.4 Å². The van der Waals surface area contributed by atoms with Crippen LogP contribution in [-0.2, 0) is 0 Å². The Labute approximate surface area is 80.3 Å². The molecule has 1 heterocycles. The molecular weight excluding hydrogens is 184 g/mol. The van der Waals surface area contributed by atoms with E-state index in [-0.39, 0.29) is 23.1 Å². The van der Waals surface area contributed by atoms with Gasteiger partial charge >= 0.3 is 0 Å². The quantitative estimate of drug-likeness (QED) is 0.663. The van der Waals surface area contributed by atoms with Crippen LogP contribution < -0.4 is 9.47 Å². The molecule has 0 radical (unpaired) electrons. The molecule has 0 aromatic carbocycles. The van der Waals surface area contributed by atoms with Crippen LogP contribution in [0.15, 0.2) is 0 Å². The first-order valence-corrected chi connectivity index (χ1v) is 3.57. The SMILES string of the molecule is COc1nc(OC)c(C#N)nc1C#N. The number of nitrogens with zero attached hydrogens (tertiary/aromatic N) is 4. The minimum atomic E-state index is -0.0372. The maximum Gasteiger partial charge on any atom is 0.254 e. The molecule has 70 valence electrons. The van der Waals surface area contributed by atoms with Crippen LogP contribution in [0.3, 0.4) is 0 Å². The van der Waals surface area contributed by atoms with Crippen molar-refractivity contribution >= 4 is 0 Å². The van der Waals surface area contributed by atoms with E-state index in [1.807, 2.05) is 0 Å². The fourth-order valence-electron chi connectivity index (χ4n) is 0.836. The van der Waals surface area contributed by atoms with Crippen molar-refractivity contribution in [2.24, 2.45) is 0 Å². The van der Waals surface area contributed by atoms with Gasteiger partial charge < -0.3 is 9.47 Å². The maximum atomic E-state index is 8.65. The van der Waals surface area contributed by atoms with Gasteiger partial charge in [0.15, 0.2) is 0 Å². The van der Waals surface area contributed by atoms with Crippen LogP contribution in [0.5, 0.6) is 11.8 Å². The number of methoxy groups -OCH3 is 2. The van der Waals surface area contributed by atoms with Gasteiger partial charge in [-0.2, -0.15) is 15.5 Å². The topological polar surface area (TPSA) is 91.8 Å². The summed E-state index contributed by atoms with van der Waals surface area (Å²) in [5.74, 6) is 0.0895. The van der Waals surface area contributed by atoms with Crippen molar-refractivity contribution in [3.8, 4) is 23.9 Å². The van der Waals surface area contributed by atoms with Crippen LogP contribution in [-0.4, -0.2) is 24.2 Å². The molecule has 0 aliphatic carbocycles. The van der Waals surface area contributed by atoms with Gasteiger partial charge in [0.05, 0.1) is 14.2 Å². The molecule has 1 rings (SSSR count). The second-order valence-corrected chi connectivity index (χ2v) is 2.16. The van der Waals surface area contributed by atoms with Crippen LogP contribution >= 0.6 is 0 Å². The van der Waals surface area contributed by atoms with E-state index in [0.717, 1.165) is 0 Å². The molecule has 1 aromatic heterocycles. The van der Waals surface area contributed by atoms with Crippen LogP contribution in [0.25, 0.3) is 0 Å². The van der Waals surface area contributed by atoms with E-state index in [1.165, 1.54) is 14.2 Å². The Morgan fingerprint density at radius 1 is 0.929 bits per heavy atom. The molecule has 0 saturated carbocycles. The summed E-state index contributed by atoms with van der Waals surface area (Å²) in [5.41, 5.74) is -0.0744. The lowest BCUT2D eigenvalue weighted by atomic mass is 10.4. The van der Waals surface area contributed by atoms with E-state index in [1.54, 1.807) is 12.1 Å². The van der Waals surface area contributed by atoms with Crippen molar-refractivity contribution in [1.29, 1.82) is 10.5 Å². The number of hydrogen-bond acceptors (Lipinski definition) is 6. The molecule has 0 atom stereocenters. The first kappa shape index (κ1) is 9.75. The number of nitriles is 2. The zero-order valence-electron chi connectivity index (χ0n) is 7.61. The summed E-state index contributed by atoms with van der Waals surface area (Å²) in [4.78, 5) is 7.52. The highest BCUT2D eigenvalue weighted by atomic mass is 16.5. The van der Waals surface area contributed by atoms with E-state index < -0.39 is 0 Å². The van der Waals surface area contributed by atoms with Gasteiger partial charge in [-0.15, -0.1) is 0 Å². The van der Waals surface area contributed by atoms with Crippen LogP contribution in [0.2, 0.25) is 0 Å². The predicted octanol–water partition coefficient (Wildman–Crippen LogP) is 0.237. The Morgan fingerprint density at radius 3 is 1.64 bits per heavy atom. The van der Waals surface area contributed by atoms with Crippen molar-refractivity contribution in [2.75, 3.05) is 14.2 Å². The Bertz CT molecular complexity index is 393. The smallest absolute Gasteiger partial charge is 0.254 e. The summed E-state index contributed by atoms with van der Waals surface area (Å²) in [5, 5.41) is 17.3. The van der Waals surface area contributed by atoms with Gasteiger partial charge in [0.25, 0.3) is 11.8 Å². The third-order valence-electron chi connectivity index (χ3n) is 1.43. The second-order valence-electron chi connectivity index (χ2n) is 2.16. The van der Waals surface area contributed by atoms with Crippen LogP contribution in [0.4, 0.5) is 0 Å². The van der Waals surface area contributed by atoms with Gasteiger partial charge in [-0.1, -0.05) is 0 Å². The van der Waals surface area contributed by atoms with E-state index in [4.69, 9.17) is 20.0 Å². The Balaban J connectivity index is 3.39. The minimum absolute atomic E-state index is 0.0372. The monoisotopic (exact) mass is 190 g/mol. The lowest BCUT2D eigenvalue weighted by Gasteiger charge is -2.04. The van der Waals surface area contributed by atoms with E-state index in [9.17, 15) is 0 Å². The third kappa shape index (κ3) is 1.54. The molecule has 6 heteroatoms. The summed E-state index contributed by atoms with van der Waals surface area (Å²) in [7, 11) is 2.71. The lowest BCUT2D eigenvalue weighted by molar-refractivity contribution is 0.358. The molecule has 0 aliphatic heterocycles. The van der Waals surface area contributed by atoms with Gasteiger partial charge in [-0.25, -0.2) is 4.98 Å². The summed E-state index contributed by atoms with van der Waals surface area (Å²) in [6, 6.07) is 3.53. The van der Waals surface area contributed by atoms with Crippen LogP contribution in [0, 0.1) is 22.7 Å². The second kappa shape index (κ2) is 4.06. The Morgan fingerprint density at radius 2 is 1.36 bits per heavy atom. The highest BCUT2D eigenvalue weighted by Crippen LogP contribution is 2.19. The molecule has 0 amide bonds. The third-order valence-corrected chi connectivity index (χ3v) is 1.43. The summed E-state index contributed by atoms with van der Waals surface area (Å²) >= 11 is 0. The van der Waals surface area contributed by atoms with Gasteiger partial charge in [0.1, 0.15) is 12.1 Å². The molecule has 0 spiro atoms. The standard InChI is InChI=1S/C8H6N4O2/c1-13-7-5(3-9)11-6(4-10)8(12-7)14-2/h1-2H3. The minimum Gasteiger partial charge on any atom is -0.479 e. The van der Waals surface area contributed by atoms with E-state index in [2.05, 4.69) is 9.97 Å². The number of aromatic nitrogens is 2. The Kier molecular flexibility index (Phi) is 2.82. The Hall–Kier alpha value is -2.34. The highest BCUT2D eigenvalue weighted by Gasteiger charge is 2.13. The maximum absolute atomic E-state index is 8.65.